The molecule has 2 heterocycles. The number of benzene rings is 2. The molecule has 1 saturated heterocycles. The average Bonchev–Trinajstić information content (AvgIpc) is 2.97. The van der Waals surface area contributed by atoms with Crippen LogP contribution in [0.2, 0.25) is 0 Å². The normalized spacial score (nSPS) is 14.9. The molecule has 1 atom stereocenters. The van der Waals surface area contributed by atoms with Crippen LogP contribution in [0.4, 0.5) is 11.4 Å². The van der Waals surface area contributed by atoms with Gasteiger partial charge < -0.3 is 19.9 Å². The Kier molecular flexibility index (Phi) is 9.94. The predicted molar refractivity (Wildman–Crippen MR) is 162 cm³/mol. The molecule has 1 fully saturated rings. The molecule has 9 heteroatoms. The monoisotopic (exact) mass is 559 g/mol. The standard InChI is InChI=1S/C32H41N5O4/c1-22-12-16-33-20-26(22)21-36(27-7-9-29(41-5)10-8-27)28-14-18-35(19-15-28)24(3)13-17-34-32(38)31-23(2)6-11-30(25(31)4)37(39)40/h6-12,16,20,24,28H,13-15,17-19,21H2,1-5H3,(H,34,38)/t24-/m1/s1. The number of nitro groups is 1. The average molecular weight is 560 g/mol. The molecule has 1 amide bonds. The third-order valence-corrected chi connectivity index (χ3v) is 8.37. The Morgan fingerprint density at radius 2 is 1.83 bits per heavy atom. The first-order chi connectivity index (χ1) is 19.7. The Labute approximate surface area is 242 Å². The lowest BCUT2D eigenvalue weighted by Gasteiger charge is -2.42. The van der Waals surface area contributed by atoms with Crippen LogP contribution in [0.25, 0.3) is 0 Å². The molecular weight excluding hydrogens is 518 g/mol. The number of nitro benzene ring substituents is 1. The number of nitrogens with one attached hydrogen (secondary N) is 1. The fourth-order valence-corrected chi connectivity index (χ4v) is 5.74. The van der Waals surface area contributed by atoms with Crippen LogP contribution in [0.1, 0.15) is 58.8 Å². The SMILES string of the molecule is COc1ccc(N(Cc2cnccc2C)C2CCN([C@H](C)CCNC(=O)c3c(C)ccc([N+](=O)[O-])c3C)CC2)cc1. The van der Waals surface area contributed by atoms with Crippen LogP contribution in [0.5, 0.6) is 5.75 Å². The molecule has 1 aliphatic rings. The summed E-state index contributed by atoms with van der Waals surface area (Å²) in [5, 5.41) is 14.3. The Morgan fingerprint density at radius 1 is 1.12 bits per heavy atom. The number of pyridine rings is 1. The van der Waals surface area contributed by atoms with Crippen LogP contribution in [0.15, 0.2) is 54.9 Å². The molecule has 0 saturated carbocycles. The highest BCUT2D eigenvalue weighted by atomic mass is 16.6. The maximum absolute atomic E-state index is 12.9. The van der Waals surface area contributed by atoms with Crippen molar-refractivity contribution in [3.05, 3.63) is 92.8 Å². The van der Waals surface area contributed by atoms with Gasteiger partial charge in [0.2, 0.25) is 0 Å². The van der Waals surface area contributed by atoms with Crippen molar-refractivity contribution in [3.8, 4) is 5.75 Å². The lowest BCUT2D eigenvalue weighted by molar-refractivity contribution is -0.385. The van der Waals surface area contributed by atoms with Gasteiger partial charge in [-0.15, -0.1) is 0 Å². The number of hydrogen-bond donors (Lipinski definition) is 1. The van der Waals surface area contributed by atoms with Crippen molar-refractivity contribution in [1.29, 1.82) is 0 Å². The van der Waals surface area contributed by atoms with E-state index in [9.17, 15) is 14.9 Å². The molecule has 1 aliphatic heterocycles. The van der Waals surface area contributed by atoms with Gasteiger partial charge in [0.25, 0.3) is 11.6 Å². The highest BCUT2D eigenvalue weighted by molar-refractivity contribution is 5.98. The molecule has 0 aliphatic carbocycles. The maximum atomic E-state index is 12.9. The zero-order valence-corrected chi connectivity index (χ0v) is 24.7. The van der Waals surface area contributed by atoms with Crippen molar-refractivity contribution in [2.75, 3.05) is 31.6 Å². The molecule has 41 heavy (non-hydrogen) atoms. The number of piperidine rings is 1. The molecule has 0 spiro atoms. The Balaban J connectivity index is 1.35. The number of anilines is 1. The van der Waals surface area contributed by atoms with Gasteiger partial charge in [0.1, 0.15) is 5.75 Å². The molecular formula is C32H41N5O4. The number of carbonyl (C=O) groups excluding carboxylic acids is 1. The summed E-state index contributed by atoms with van der Waals surface area (Å²) >= 11 is 0. The number of carbonyl (C=O) groups is 1. The largest absolute Gasteiger partial charge is 0.497 e. The van der Waals surface area contributed by atoms with Gasteiger partial charge in [-0.05, 0) is 94.0 Å². The van der Waals surface area contributed by atoms with E-state index in [1.807, 2.05) is 31.5 Å². The maximum Gasteiger partial charge on any atom is 0.273 e. The number of rotatable bonds is 11. The summed E-state index contributed by atoms with van der Waals surface area (Å²) in [6.07, 6.45) is 6.68. The van der Waals surface area contributed by atoms with Crippen molar-refractivity contribution in [1.82, 2.24) is 15.2 Å². The van der Waals surface area contributed by atoms with E-state index in [2.05, 4.69) is 52.1 Å². The Morgan fingerprint density at radius 3 is 2.46 bits per heavy atom. The van der Waals surface area contributed by atoms with E-state index in [-0.39, 0.29) is 11.6 Å². The number of aromatic nitrogens is 1. The molecule has 1 aromatic heterocycles. The Bertz CT molecular complexity index is 1350. The molecule has 0 radical (unpaired) electrons. The van der Waals surface area contributed by atoms with Crippen LogP contribution in [-0.2, 0) is 6.54 Å². The number of nitrogens with zero attached hydrogens (tertiary/aromatic N) is 4. The zero-order valence-electron chi connectivity index (χ0n) is 24.7. The van der Waals surface area contributed by atoms with Crippen molar-refractivity contribution in [3.63, 3.8) is 0 Å². The van der Waals surface area contributed by atoms with E-state index in [1.54, 1.807) is 20.1 Å². The van der Waals surface area contributed by atoms with Gasteiger partial charge in [0, 0.05) is 68.0 Å². The van der Waals surface area contributed by atoms with Crippen LogP contribution in [0, 0.1) is 30.9 Å². The first-order valence-corrected chi connectivity index (χ1v) is 14.3. The van der Waals surface area contributed by atoms with E-state index in [4.69, 9.17) is 4.74 Å². The molecule has 0 bridgehead atoms. The second-order valence-electron chi connectivity index (χ2n) is 10.9. The number of ether oxygens (including phenoxy) is 1. The van der Waals surface area contributed by atoms with Crippen LogP contribution in [-0.4, -0.2) is 59.5 Å². The van der Waals surface area contributed by atoms with E-state index >= 15 is 0 Å². The van der Waals surface area contributed by atoms with E-state index in [1.165, 1.54) is 22.9 Å². The highest BCUT2D eigenvalue weighted by Crippen LogP contribution is 2.29. The topological polar surface area (TPSA) is 101 Å². The lowest BCUT2D eigenvalue weighted by Crippen LogP contribution is -2.48. The minimum atomic E-state index is -0.440. The summed E-state index contributed by atoms with van der Waals surface area (Å²) in [5.74, 6) is 0.591. The highest BCUT2D eigenvalue weighted by Gasteiger charge is 2.28. The fourth-order valence-electron chi connectivity index (χ4n) is 5.74. The quantitative estimate of drug-likeness (QED) is 0.241. The van der Waals surface area contributed by atoms with Gasteiger partial charge in [-0.25, -0.2) is 0 Å². The van der Waals surface area contributed by atoms with E-state index < -0.39 is 4.92 Å². The van der Waals surface area contributed by atoms with Gasteiger partial charge in [-0.1, -0.05) is 6.07 Å². The van der Waals surface area contributed by atoms with Gasteiger partial charge in [0.15, 0.2) is 0 Å². The van der Waals surface area contributed by atoms with Gasteiger partial charge in [-0.2, -0.15) is 0 Å². The van der Waals surface area contributed by atoms with Crippen molar-refractivity contribution < 1.29 is 14.5 Å². The van der Waals surface area contributed by atoms with E-state index in [0.29, 0.717) is 29.8 Å². The molecule has 218 valence electrons. The summed E-state index contributed by atoms with van der Waals surface area (Å²) in [4.78, 5) is 33.2. The van der Waals surface area contributed by atoms with Crippen LogP contribution >= 0.6 is 0 Å². The third-order valence-electron chi connectivity index (χ3n) is 8.37. The number of aryl methyl sites for hydroxylation is 2. The summed E-state index contributed by atoms with van der Waals surface area (Å²) in [5.41, 5.74) is 5.16. The smallest absolute Gasteiger partial charge is 0.273 e. The fraction of sp³-hybridized carbons (Fsp3) is 0.438. The number of hydrogen-bond acceptors (Lipinski definition) is 7. The third kappa shape index (κ3) is 7.21. The first kappa shape index (κ1) is 30.0. The van der Waals surface area contributed by atoms with Crippen molar-refractivity contribution in [2.45, 2.75) is 65.6 Å². The molecule has 3 aromatic rings. The first-order valence-electron chi connectivity index (χ1n) is 14.3. The van der Waals surface area contributed by atoms with Gasteiger partial charge in [-0.3, -0.25) is 19.9 Å². The van der Waals surface area contributed by atoms with Crippen molar-refractivity contribution in [2.24, 2.45) is 0 Å². The summed E-state index contributed by atoms with van der Waals surface area (Å²) < 4.78 is 5.38. The molecule has 2 aromatic carbocycles. The summed E-state index contributed by atoms with van der Waals surface area (Å²) in [6.45, 7) is 11.0. The number of methoxy groups -OCH3 is 1. The Hall–Kier alpha value is -3.98. The van der Waals surface area contributed by atoms with E-state index in [0.717, 1.165) is 50.2 Å². The minimum Gasteiger partial charge on any atom is -0.497 e. The summed E-state index contributed by atoms with van der Waals surface area (Å²) in [6, 6.07) is 14.1. The minimum absolute atomic E-state index is 0.0284. The number of amides is 1. The summed E-state index contributed by atoms with van der Waals surface area (Å²) in [7, 11) is 1.68. The number of likely N-dealkylation sites (tertiary alicyclic amines) is 1. The molecule has 0 unspecified atom stereocenters. The van der Waals surface area contributed by atoms with Gasteiger partial charge >= 0.3 is 0 Å². The second-order valence-corrected chi connectivity index (χ2v) is 10.9. The predicted octanol–water partition coefficient (Wildman–Crippen LogP) is 5.60. The van der Waals surface area contributed by atoms with Crippen LogP contribution < -0.4 is 15.0 Å². The lowest BCUT2D eigenvalue weighted by atomic mass is 9.98. The van der Waals surface area contributed by atoms with Gasteiger partial charge in [0.05, 0.1) is 17.6 Å². The zero-order chi connectivity index (χ0) is 29.5. The molecule has 4 rings (SSSR count). The second kappa shape index (κ2) is 13.6. The van der Waals surface area contributed by atoms with Crippen molar-refractivity contribution >= 4 is 17.3 Å². The molecule has 9 nitrogen and oxygen atoms in total. The van der Waals surface area contributed by atoms with Crippen LogP contribution in [0.3, 0.4) is 0 Å². The molecule has 1 N–H and O–H groups in total.